The van der Waals surface area contributed by atoms with E-state index in [1.54, 1.807) is 16.8 Å². The number of nitrogen functional groups attached to an aromatic ring is 1. The van der Waals surface area contributed by atoms with E-state index in [1.165, 1.54) is 25.5 Å². The highest BCUT2D eigenvalue weighted by atomic mass is 32.2. The molecule has 0 atom stereocenters. The third-order valence-electron chi connectivity index (χ3n) is 5.98. The van der Waals surface area contributed by atoms with E-state index in [0.29, 0.717) is 40.2 Å². The van der Waals surface area contributed by atoms with Crippen LogP contribution in [0.5, 0.6) is 5.75 Å². The van der Waals surface area contributed by atoms with Gasteiger partial charge in [0.2, 0.25) is 10.0 Å². The summed E-state index contributed by atoms with van der Waals surface area (Å²) >= 11 is 0. The fourth-order valence-corrected chi connectivity index (χ4v) is 5.18. The predicted molar refractivity (Wildman–Crippen MR) is 148 cm³/mol. The molecule has 0 bridgehead atoms. The van der Waals surface area contributed by atoms with Crippen molar-refractivity contribution in [1.82, 2.24) is 20.1 Å². The zero-order chi connectivity index (χ0) is 27.5. The number of benzene rings is 1. The monoisotopic (exact) mass is 548 g/mol. The SMILES string of the molecule is CNC(=O)c1nn(COCC[Si](C)(C)C)c2c(OC)c(Cc3ccccc3N(C)S(C)(=O)=O)nc(N)c12. The lowest BCUT2D eigenvalue weighted by Gasteiger charge is -2.21. The normalized spacial score (nSPS) is 12.1. The maximum absolute atomic E-state index is 12.6. The number of hydrogen-bond donors (Lipinski definition) is 2. The number of ether oxygens (including phenoxy) is 2. The molecule has 202 valence electrons. The van der Waals surface area contributed by atoms with Gasteiger partial charge >= 0.3 is 0 Å². The molecule has 1 amide bonds. The number of para-hydroxylation sites is 1. The predicted octanol–water partition coefficient (Wildman–Crippen LogP) is 2.68. The first-order valence-electron chi connectivity index (χ1n) is 11.8. The van der Waals surface area contributed by atoms with Crippen LogP contribution in [0.2, 0.25) is 25.7 Å². The second-order valence-corrected chi connectivity index (χ2v) is 17.6. The molecule has 0 aliphatic heterocycles. The van der Waals surface area contributed by atoms with Crippen molar-refractivity contribution < 1.29 is 22.7 Å². The Morgan fingerprint density at radius 2 is 1.92 bits per heavy atom. The Labute approximate surface area is 219 Å². The molecule has 0 saturated heterocycles. The Balaban J connectivity index is 2.14. The summed E-state index contributed by atoms with van der Waals surface area (Å²) in [6.45, 7) is 7.47. The first-order valence-corrected chi connectivity index (χ1v) is 17.4. The highest BCUT2D eigenvalue weighted by Crippen LogP contribution is 2.36. The van der Waals surface area contributed by atoms with Crippen molar-refractivity contribution in [3.8, 4) is 5.75 Å². The lowest BCUT2D eigenvalue weighted by Crippen LogP contribution is -2.26. The van der Waals surface area contributed by atoms with E-state index >= 15 is 0 Å². The lowest BCUT2D eigenvalue weighted by atomic mass is 10.0. The van der Waals surface area contributed by atoms with Gasteiger partial charge in [-0.1, -0.05) is 37.8 Å². The number of rotatable bonds is 11. The number of nitrogens with two attached hydrogens (primary N) is 1. The number of nitrogens with one attached hydrogen (secondary N) is 1. The fourth-order valence-electron chi connectivity index (χ4n) is 3.89. The summed E-state index contributed by atoms with van der Waals surface area (Å²) in [5, 5.41) is 7.45. The average Bonchev–Trinajstić information content (AvgIpc) is 3.20. The Bertz CT molecular complexity index is 1400. The number of nitrogens with zero attached hydrogens (tertiary/aromatic N) is 4. The maximum atomic E-state index is 12.6. The van der Waals surface area contributed by atoms with Crippen LogP contribution in [0, 0.1) is 0 Å². The Kier molecular flexibility index (Phi) is 8.50. The summed E-state index contributed by atoms with van der Waals surface area (Å²) < 4.78 is 38.9. The van der Waals surface area contributed by atoms with Crippen molar-refractivity contribution >= 4 is 46.4 Å². The summed E-state index contributed by atoms with van der Waals surface area (Å²) in [4.78, 5) is 17.2. The van der Waals surface area contributed by atoms with Crippen LogP contribution in [-0.2, 0) is 27.9 Å². The molecule has 37 heavy (non-hydrogen) atoms. The van der Waals surface area contributed by atoms with Crippen molar-refractivity contribution in [3.05, 3.63) is 41.2 Å². The third-order valence-corrected chi connectivity index (χ3v) is 8.88. The van der Waals surface area contributed by atoms with Gasteiger partial charge in [-0.25, -0.2) is 18.1 Å². The highest BCUT2D eigenvalue weighted by Gasteiger charge is 2.26. The minimum atomic E-state index is -3.48. The minimum Gasteiger partial charge on any atom is -0.493 e. The van der Waals surface area contributed by atoms with Crippen LogP contribution >= 0.6 is 0 Å². The Morgan fingerprint density at radius 1 is 1.24 bits per heavy atom. The van der Waals surface area contributed by atoms with Gasteiger partial charge in [-0.3, -0.25) is 9.10 Å². The number of amides is 1. The van der Waals surface area contributed by atoms with E-state index in [-0.39, 0.29) is 24.7 Å². The minimum absolute atomic E-state index is 0.102. The molecule has 0 unspecified atom stereocenters. The fraction of sp³-hybridized carbons (Fsp3) is 0.458. The van der Waals surface area contributed by atoms with Gasteiger partial charge in [-0.15, -0.1) is 0 Å². The summed E-state index contributed by atoms with van der Waals surface area (Å²) in [6.07, 6.45) is 1.38. The molecule has 0 aliphatic carbocycles. The van der Waals surface area contributed by atoms with E-state index in [2.05, 4.69) is 35.0 Å². The molecule has 3 N–H and O–H groups in total. The Hall–Kier alpha value is -3.16. The van der Waals surface area contributed by atoms with Crippen LogP contribution in [0.15, 0.2) is 24.3 Å². The van der Waals surface area contributed by atoms with E-state index in [0.717, 1.165) is 12.3 Å². The molecular weight excluding hydrogens is 512 g/mol. The standard InChI is InChI=1S/C24H36N6O5SSi/c1-26-24(31)20-19-21(30(28-20)15-35-12-13-37(5,6)7)22(34-3)17(27-23(19)25)14-16-10-8-9-11-18(16)29(2)36(4,32)33/h8-11H,12-15H2,1-7H3,(H2,25,27)(H,26,31). The van der Waals surface area contributed by atoms with Gasteiger partial charge in [0, 0.05) is 35.2 Å². The third kappa shape index (κ3) is 6.40. The summed E-state index contributed by atoms with van der Waals surface area (Å²) in [7, 11) is -0.256. The number of carbonyl (C=O) groups is 1. The molecule has 13 heteroatoms. The summed E-state index contributed by atoms with van der Waals surface area (Å²) in [5.41, 5.74) is 8.70. The molecule has 0 saturated carbocycles. The number of aromatic nitrogens is 3. The van der Waals surface area contributed by atoms with Gasteiger partial charge in [-0.2, -0.15) is 5.10 Å². The number of methoxy groups -OCH3 is 1. The molecule has 2 heterocycles. The molecule has 1 aromatic carbocycles. The molecule has 3 rings (SSSR count). The van der Waals surface area contributed by atoms with Gasteiger partial charge in [0.1, 0.15) is 18.1 Å². The first-order chi connectivity index (χ1) is 17.3. The molecule has 3 aromatic rings. The Morgan fingerprint density at radius 3 is 2.51 bits per heavy atom. The summed E-state index contributed by atoms with van der Waals surface area (Å²) in [5.74, 6) is 0.0958. The second-order valence-electron chi connectivity index (χ2n) is 10.0. The van der Waals surface area contributed by atoms with Crippen molar-refractivity contribution in [1.29, 1.82) is 0 Å². The van der Waals surface area contributed by atoms with Gasteiger partial charge in [0.25, 0.3) is 5.91 Å². The van der Waals surface area contributed by atoms with Gasteiger partial charge in [-0.05, 0) is 17.7 Å². The number of sulfonamides is 1. The topological polar surface area (TPSA) is 142 Å². The smallest absolute Gasteiger partial charge is 0.272 e. The van der Waals surface area contributed by atoms with Crippen LogP contribution in [0.4, 0.5) is 11.5 Å². The molecule has 2 aromatic heterocycles. The number of pyridine rings is 1. The van der Waals surface area contributed by atoms with Crippen LogP contribution in [0.1, 0.15) is 21.7 Å². The largest absolute Gasteiger partial charge is 0.493 e. The molecule has 0 radical (unpaired) electrons. The molecule has 11 nitrogen and oxygen atoms in total. The van der Waals surface area contributed by atoms with E-state index in [9.17, 15) is 13.2 Å². The average molecular weight is 549 g/mol. The van der Waals surface area contributed by atoms with E-state index < -0.39 is 24.0 Å². The second kappa shape index (κ2) is 11.1. The zero-order valence-corrected chi connectivity index (χ0v) is 24.3. The van der Waals surface area contributed by atoms with Crippen LogP contribution in [0.25, 0.3) is 10.9 Å². The van der Waals surface area contributed by atoms with Crippen LogP contribution < -0.4 is 20.1 Å². The number of hydrogen-bond acceptors (Lipinski definition) is 8. The highest BCUT2D eigenvalue weighted by molar-refractivity contribution is 7.92. The van der Waals surface area contributed by atoms with Crippen molar-refractivity contribution in [3.63, 3.8) is 0 Å². The van der Waals surface area contributed by atoms with Crippen LogP contribution in [-0.4, -0.2) is 71.2 Å². The van der Waals surface area contributed by atoms with Gasteiger partial charge in [0.15, 0.2) is 11.4 Å². The first kappa shape index (κ1) is 28.4. The van der Waals surface area contributed by atoms with E-state index in [1.807, 2.05) is 12.1 Å². The number of carbonyl (C=O) groups excluding carboxylic acids is 1. The van der Waals surface area contributed by atoms with Crippen molar-refractivity contribution in [2.24, 2.45) is 0 Å². The quantitative estimate of drug-likeness (QED) is 0.275. The maximum Gasteiger partial charge on any atom is 0.272 e. The molecular formula is C24H36N6O5SSi. The lowest BCUT2D eigenvalue weighted by molar-refractivity contribution is 0.0802. The molecule has 0 fully saturated rings. The van der Waals surface area contributed by atoms with Gasteiger partial charge in [0.05, 0.1) is 30.1 Å². The van der Waals surface area contributed by atoms with Crippen molar-refractivity contribution in [2.75, 3.05) is 44.1 Å². The molecule has 0 spiro atoms. The zero-order valence-electron chi connectivity index (χ0n) is 22.5. The van der Waals surface area contributed by atoms with Gasteiger partial charge < -0.3 is 20.5 Å². The number of anilines is 2. The molecule has 0 aliphatic rings. The summed E-state index contributed by atoms with van der Waals surface area (Å²) in [6, 6.07) is 8.12. The van der Waals surface area contributed by atoms with Crippen molar-refractivity contribution in [2.45, 2.75) is 38.8 Å². The van der Waals surface area contributed by atoms with E-state index in [4.69, 9.17) is 15.2 Å². The number of fused-ring (bicyclic) bond motifs is 1. The van der Waals surface area contributed by atoms with Crippen LogP contribution in [0.3, 0.4) is 0 Å².